The van der Waals surface area contributed by atoms with Gasteiger partial charge < -0.3 is 5.11 Å². The molecule has 1 aliphatic rings. The number of hydrogen-bond acceptors (Lipinski definition) is 3. The third-order valence-electron chi connectivity index (χ3n) is 3.93. The van der Waals surface area contributed by atoms with Gasteiger partial charge in [-0.05, 0) is 49.9 Å². The van der Waals surface area contributed by atoms with Crippen molar-refractivity contribution in [2.45, 2.75) is 44.2 Å². The minimum Gasteiger partial charge on any atom is -0.369 e. The molecule has 0 spiro atoms. The first-order chi connectivity index (χ1) is 9.67. The summed E-state index contributed by atoms with van der Waals surface area (Å²) in [7, 11) is 0. The van der Waals surface area contributed by atoms with Gasteiger partial charge in [-0.3, -0.25) is 0 Å². The predicted molar refractivity (Wildman–Crippen MR) is 78.4 cm³/mol. The molecule has 1 heterocycles. The molecule has 0 saturated heterocycles. The second-order valence-corrected chi connectivity index (χ2v) is 5.85. The van der Waals surface area contributed by atoms with Gasteiger partial charge in [0, 0.05) is 10.6 Å². The van der Waals surface area contributed by atoms with Crippen LogP contribution in [0.25, 0.3) is 11.4 Å². The molecule has 4 nitrogen and oxygen atoms in total. The van der Waals surface area contributed by atoms with Crippen LogP contribution < -0.4 is 0 Å². The molecule has 0 unspecified atom stereocenters. The summed E-state index contributed by atoms with van der Waals surface area (Å²) in [6, 6.07) is 7.41. The van der Waals surface area contributed by atoms with Crippen molar-refractivity contribution in [3.8, 4) is 11.4 Å². The summed E-state index contributed by atoms with van der Waals surface area (Å²) in [5.74, 6) is 0.624. The second kappa shape index (κ2) is 5.54. The SMILES string of the molecule is OC1(n2cnc(-c3ccc(Cl)cc3)n2)CCCCCC1. The maximum absolute atomic E-state index is 10.8. The fraction of sp³-hybridized carbons (Fsp3) is 0.467. The summed E-state index contributed by atoms with van der Waals surface area (Å²) in [6.45, 7) is 0. The van der Waals surface area contributed by atoms with E-state index in [1.807, 2.05) is 24.3 Å². The van der Waals surface area contributed by atoms with Crippen molar-refractivity contribution in [2.75, 3.05) is 0 Å². The van der Waals surface area contributed by atoms with E-state index in [4.69, 9.17) is 11.6 Å². The van der Waals surface area contributed by atoms with E-state index in [2.05, 4.69) is 10.1 Å². The van der Waals surface area contributed by atoms with E-state index in [0.29, 0.717) is 10.8 Å². The molecular formula is C15H18ClN3O. The third-order valence-corrected chi connectivity index (χ3v) is 4.18. The van der Waals surface area contributed by atoms with Crippen LogP contribution in [0.5, 0.6) is 0 Å². The minimum absolute atomic E-state index is 0.624. The van der Waals surface area contributed by atoms with Crippen LogP contribution in [0.1, 0.15) is 38.5 Å². The lowest BCUT2D eigenvalue weighted by atomic mass is 10.1. The van der Waals surface area contributed by atoms with Crippen molar-refractivity contribution in [3.05, 3.63) is 35.6 Å². The monoisotopic (exact) mass is 291 g/mol. The average Bonchev–Trinajstić information content (AvgIpc) is 2.84. The predicted octanol–water partition coefficient (Wildman–Crippen LogP) is 3.60. The molecule has 0 amide bonds. The Morgan fingerprint density at radius 1 is 1.05 bits per heavy atom. The van der Waals surface area contributed by atoms with Crippen molar-refractivity contribution in [2.24, 2.45) is 0 Å². The van der Waals surface area contributed by atoms with Crippen LogP contribution >= 0.6 is 11.6 Å². The highest BCUT2D eigenvalue weighted by Gasteiger charge is 2.31. The molecule has 1 aromatic heterocycles. The Bertz CT molecular complexity index is 571. The topological polar surface area (TPSA) is 50.9 Å². The number of hydrogen-bond donors (Lipinski definition) is 1. The molecule has 2 aromatic rings. The molecule has 5 heteroatoms. The van der Waals surface area contributed by atoms with Crippen molar-refractivity contribution in [1.82, 2.24) is 14.8 Å². The first-order valence-electron chi connectivity index (χ1n) is 7.08. The lowest BCUT2D eigenvalue weighted by Gasteiger charge is -2.26. The van der Waals surface area contributed by atoms with Gasteiger partial charge in [-0.15, -0.1) is 5.10 Å². The number of halogens is 1. The summed E-state index contributed by atoms with van der Waals surface area (Å²) in [5, 5.41) is 15.9. The molecule has 1 aliphatic carbocycles. The number of benzene rings is 1. The Labute approximate surface area is 123 Å². The number of rotatable bonds is 2. The van der Waals surface area contributed by atoms with Crippen LogP contribution in [0.4, 0.5) is 0 Å². The van der Waals surface area contributed by atoms with Crippen LogP contribution in [0, 0.1) is 0 Å². The zero-order valence-corrected chi connectivity index (χ0v) is 12.1. The highest BCUT2D eigenvalue weighted by molar-refractivity contribution is 6.30. The Morgan fingerprint density at radius 3 is 2.35 bits per heavy atom. The molecule has 1 aromatic carbocycles. The molecular weight excluding hydrogens is 274 g/mol. The molecule has 1 fully saturated rings. The first kappa shape index (κ1) is 13.6. The maximum Gasteiger partial charge on any atom is 0.181 e. The van der Waals surface area contributed by atoms with Gasteiger partial charge in [-0.25, -0.2) is 9.67 Å². The van der Waals surface area contributed by atoms with E-state index < -0.39 is 5.72 Å². The van der Waals surface area contributed by atoms with Gasteiger partial charge in [0.2, 0.25) is 0 Å². The minimum atomic E-state index is -0.881. The zero-order valence-electron chi connectivity index (χ0n) is 11.3. The number of aliphatic hydroxyl groups is 1. The second-order valence-electron chi connectivity index (χ2n) is 5.42. The Balaban J connectivity index is 1.87. The van der Waals surface area contributed by atoms with Crippen LogP contribution in [0.2, 0.25) is 5.02 Å². The molecule has 3 rings (SSSR count). The standard InChI is InChI=1S/C15H18ClN3O/c16-13-7-5-12(6-8-13)14-17-11-19(18-14)15(20)9-3-1-2-4-10-15/h5-8,11,20H,1-4,9-10H2. The molecule has 0 atom stereocenters. The maximum atomic E-state index is 10.8. The van der Waals surface area contributed by atoms with Gasteiger partial charge in [0.1, 0.15) is 6.33 Å². The van der Waals surface area contributed by atoms with E-state index in [0.717, 1.165) is 31.2 Å². The lowest BCUT2D eigenvalue weighted by molar-refractivity contribution is -0.0625. The van der Waals surface area contributed by atoms with Crippen LogP contribution in [0.3, 0.4) is 0 Å². The molecule has 0 radical (unpaired) electrons. The van der Waals surface area contributed by atoms with Crippen LogP contribution in [0.15, 0.2) is 30.6 Å². The third kappa shape index (κ3) is 2.72. The lowest BCUT2D eigenvalue weighted by Crippen LogP contribution is -2.33. The van der Waals surface area contributed by atoms with E-state index in [1.54, 1.807) is 11.0 Å². The smallest absolute Gasteiger partial charge is 0.181 e. The fourth-order valence-electron chi connectivity index (χ4n) is 2.72. The van der Waals surface area contributed by atoms with Gasteiger partial charge in [0.25, 0.3) is 0 Å². The molecule has 20 heavy (non-hydrogen) atoms. The summed E-state index contributed by atoms with van der Waals surface area (Å²) in [5.41, 5.74) is 0.0270. The van der Waals surface area contributed by atoms with E-state index in [1.165, 1.54) is 12.8 Å². The normalized spacial score (nSPS) is 18.7. The zero-order chi connectivity index (χ0) is 14.0. The molecule has 1 saturated carbocycles. The van der Waals surface area contributed by atoms with Crippen molar-refractivity contribution in [1.29, 1.82) is 0 Å². The Hall–Kier alpha value is -1.39. The Kier molecular flexibility index (Phi) is 3.76. The summed E-state index contributed by atoms with van der Waals surface area (Å²) >= 11 is 5.88. The van der Waals surface area contributed by atoms with Gasteiger partial charge in [-0.2, -0.15) is 0 Å². The highest BCUT2D eigenvalue weighted by atomic mass is 35.5. The van der Waals surface area contributed by atoms with Crippen molar-refractivity contribution < 1.29 is 5.11 Å². The average molecular weight is 292 g/mol. The molecule has 0 bridgehead atoms. The van der Waals surface area contributed by atoms with Crippen LogP contribution in [-0.2, 0) is 5.72 Å². The fourth-order valence-corrected chi connectivity index (χ4v) is 2.84. The Morgan fingerprint density at radius 2 is 1.70 bits per heavy atom. The van der Waals surface area contributed by atoms with E-state index in [9.17, 15) is 5.11 Å². The number of aromatic nitrogens is 3. The number of nitrogens with zero attached hydrogens (tertiary/aromatic N) is 3. The van der Waals surface area contributed by atoms with Crippen molar-refractivity contribution in [3.63, 3.8) is 0 Å². The quantitative estimate of drug-likeness (QED) is 0.860. The first-order valence-corrected chi connectivity index (χ1v) is 7.46. The molecule has 1 N–H and O–H groups in total. The van der Waals surface area contributed by atoms with Gasteiger partial charge in [-0.1, -0.05) is 24.4 Å². The van der Waals surface area contributed by atoms with Crippen molar-refractivity contribution >= 4 is 11.6 Å². The largest absolute Gasteiger partial charge is 0.369 e. The van der Waals surface area contributed by atoms with Crippen LogP contribution in [-0.4, -0.2) is 19.9 Å². The molecule has 0 aliphatic heterocycles. The molecule has 106 valence electrons. The van der Waals surface area contributed by atoms with Gasteiger partial charge in [0.05, 0.1) is 0 Å². The van der Waals surface area contributed by atoms with Gasteiger partial charge in [0.15, 0.2) is 11.5 Å². The highest BCUT2D eigenvalue weighted by Crippen LogP contribution is 2.31. The summed E-state index contributed by atoms with van der Waals surface area (Å²) < 4.78 is 1.63. The summed E-state index contributed by atoms with van der Waals surface area (Å²) in [6.07, 6.45) is 7.56. The van der Waals surface area contributed by atoms with Gasteiger partial charge >= 0.3 is 0 Å². The van der Waals surface area contributed by atoms with E-state index in [-0.39, 0.29) is 0 Å². The van der Waals surface area contributed by atoms with E-state index >= 15 is 0 Å². The summed E-state index contributed by atoms with van der Waals surface area (Å²) in [4.78, 5) is 4.32.